The molecule has 0 aliphatic heterocycles. The van der Waals surface area contributed by atoms with Crippen LogP contribution in [0.3, 0.4) is 0 Å². The molecule has 2 aromatic heterocycles. The van der Waals surface area contributed by atoms with E-state index in [1.54, 1.807) is 13.0 Å². The zero-order valence-electron chi connectivity index (χ0n) is 8.57. The Kier molecular flexibility index (Phi) is 2.55. The van der Waals surface area contributed by atoms with E-state index in [2.05, 4.69) is 20.5 Å². The highest BCUT2D eigenvalue weighted by Crippen LogP contribution is 2.03. The monoisotopic (exact) mass is 218 g/mol. The number of carbonyl (C=O) groups excluding carboxylic acids is 1. The van der Waals surface area contributed by atoms with Crippen molar-refractivity contribution < 1.29 is 4.79 Å². The molecule has 0 fully saturated rings. The van der Waals surface area contributed by atoms with Gasteiger partial charge in [-0.2, -0.15) is 5.10 Å². The first-order valence-electron chi connectivity index (χ1n) is 4.67. The van der Waals surface area contributed by atoms with Gasteiger partial charge in [0.2, 0.25) is 0 Å². The van der Waals surface area contributed by atoms with Crippen LogP contribution < -0.4 is 10.9 Å². The van der Waals surface area contributed by atoms with E-state index in [1.807, 2.05) is 0 Å². The smallest absolute Gasteiger partial charge is 0.261 e. The van der Waals surface area contributed by atoms with Crippen LogP contribution in [0.2, 0.25) is 0 Å². The number of aromatic nitrogens is 3. The van der Waals surface area contributed by atoms with Crippen molar-refractivity contribution in [1.82, 2.24) is 15.2 Å². The Morgan fingerprint density at radius 3 is 2.88 bits per heavy atom. The highest BCUT2D eigenvalue weighted by atomic mass is 16.2. The first-order chi connectivity index (χ1) is 7.66. The summed E-state index contributed by atoms with van der Waals surface area (Å²) in [6.45, 7) is 1.75. The Balaban J connectivity index is 2.25. The van der Waals surface area contributed by atoms with Crippen LogP contribution in [0.15, 0.2) is 29.3 Å². The van der Waals surface area contributed by atoms with E-state index in [0.717, 1.165) is 0 Å². The molecule has 3 N–H and O–H groups in total. The maximum atomic E-state index is 11.7. The van der Waals surface area contributed by atoms with Gasteiger partial charge in [-0.25, -0.2) is 0 Å². The van der Waals surface area contributed by atoms with Crippen molar-refractivity contribution in [3.05, 3.63) is 46.1 Å². The summed E-state index contributed by atoms with van der Waals surface area (Å²) in [7, 11) is 0. The lowest BCUT2D eigenvalue weighted by atomic mass is 10.2. The van der Waals surface area contributed by atoms with Crippen LogP contribution >= 0.6 is 0 Å². The summed E-state index contributed by atoms with van der Waals surface area (Å²) in [6, 6.07) is 3.16. The summed E-state index contributed by atoms with van der Waals surface area (Å²) in [4.78, 5) is 25.7. The van der Waals surface area contributed by atoms with Crippen LogP contribution in [0.5, 0.6) is 0 Å². The van der Waals surface area contributed by atoms with Crippen molar-refractivity contribution in [1.29, 1.82) is 0 Å². The third kappa shape index (κ3) is 2.00. The number of nitrogens with zero attached hydrogens (tertiary/aromatic N) is 1. The predicted octanol–water partition coefficient (Wildman–Crippen LogP) is 0.659. The molecular formula is C10H10N4O2. The Morgan fingerprint density at radius 1 is 1.44 bits per heavy atom. The first-order valence-corrected chi connectivity index (χ1v) is 4.67. The number of aryl methyl sites for hydroxylation is 1. The van der Waals surface area contributed by atoms with Gasteiger partial charge in [0.25, 0.3) is 11.5 Å². The lowest BCUT2D eigenvalue weighted by Gasteiger charge is -2.01. The molecule has 2 rings (SSSR count). The van der Waals surface area contributed by atoms with E-state index in [4.69, 9.17) is 0 Å². The quantitative estimate of drug-likeness (QED) is 0.691. The van der Waals surface area contributed by atoms with Gasteiger partial charge in [-0.3, -0.25) is 14.7 Å². The van der Waals surface area contributed by atoms with Gasteiger partial charge in [0.1, 0.15) is 5.56 Å². The minimum Gasteiger partial charge on any atom is -0.326 e. The number of anilines is 1. The highest BCUT2D eigenvalue weighted by molar-refractivity contribution is 6.03. The van der Waals surface area contributed by atoms with Gasteiger partial charge in [-0.15, -0.1) is 0 Å². The average Bonchev–Trinajstić information content (AvgIpc) is 2.70. The molecular weight excluding hydrogens is 208 g/mol. The summed E-state index contributed by atoms with van der Waals surface area (Å²) in [5, 5.41) is 8.79. The third-order valence-corrected chi connectivity index (χ3v) is 2.06. The van der Waals surface area contributed by atoms with Crippen LogP contribution in [0, 0.1) is 6.92 Å². The van der Waals surface area contributed by atoms with E-state index in [-0.39, 0.29) is 5.56 Å². The van der Waals surface area contributed by atoms with Gasteiger partial charge in [-0.1, -0.05) is 0 Å². The summed E-state index contributed by atoms with van der Waals surface area (Å²) < 4.78 is 0. The molecule has 1 amide bonds. The van der Waals surface area contributed by atoms with E-state index >= 15 is 0 Å². The summed E-state index contributed by atoms with van der Waals surface area (Å²) in [6.07, 6.45) is 2.99. The van der Waals surface area contributed by atoms with Crippen molar-refractivity contribution in [2.75, 3.05) is 5.32 Å². The van der Waals surface area contributed by atoms with Crippen LogP contribution in [-0.2, 0) is 0 Å². The van der Waals surface area contributed by atoms with Gasteiger partial charge in [0, 0.05) is 11.9 Å². The van der Waals surface area contributed by atoms with Gasteiger partial charge >= 0.3 is 0 Å². The molecule has 6 nitrogen and oxygen atoms in total. The molecule has 16 heavy (non-hydrogen) atoms. The molecule has 0 radical (unpaired) electrons. The first kappa shape index (κ1) is 10.2. The number of amides is 1. The van der Waals surface area contributed by atoms with Crippen LogP contribution in [0.4, 0.5) is 5.69 Å². The Hall–Kier alpha value is -2.37. The zero-order valence-corrected chi connectivity index (χ0v) is 8.57. The fraction of sp³-hybridized carbons (Fsp3) is 0.100. The number of hydrogen-bond donors (Lipinski definition) is 3. The SMILES string of the molecule is Cc1ccc(C(=O)Nc2cn[nH]c2)c(=O)[nH]1. The number of H-pyrrole nitrogens is 2. The number of aromatic amines is 2. The molecule has 0 aliphatic rings. The van der Waals surface area contributed by atoms with Crippen LogP contribution in [-0.4, -0.2) is 21.1 Å². The summed E-state index contributed by atoms with van der Waals surface area (Å²) in [5.74, 6) is -0.456. The predicted molar refractivity (Wildman–Crippen MR) is 58.3 cm³/mol. The number of nitrogens with one attached hydrogen (secondary N) is 3. The molecule has 2 heterocycles. The second kappa shape index (κ2) is 4.01. The Labute approximate surface area is 90.7 Å². The molecule has 0 atom stereocenters. The number of pyridine rings is 1. The molecule has 0 saturated heterocycles. The standard InChI is InChI=1S/C10H10N4O2/c1-6-2-3-8(9(15)13-6)10(16)14-7-4-11-12-5-7/h2-5H,1H3,(H,11,12)(H,13,15)(H,14,16). The minimum atomic E-state index is -0.456. The van der Waals surface area contributed by atoms with E-state index in [9.17, 15) is 9.59 Å². The maximum absolute atomic E-state index is 11.7. The molecule has 0 unspecified atom stereocenters. The Bertz CT molecular complexity index is 556. The van der Waals surface area contributed by atoms with Crippen LogP contribution in [0.1, 0.15) is 16.1 Å². The largest absolute Gasteiger partial charge is 0.326 e. The van der Waals surface area contributed by atoms with Crippen molar-refractivity contribution in [2.45, 2.75) is 6.92 Å². The topological polar surface area (TPSA) is 90.6 Å². The van der Waals surface area contributed by atoms with E-state index in [0.29, 0.717) is 11.4 Å². The maximum Gasteiger partial charge on any atom is 0.261 e. The molecule has 0 saturated carbocycles. The van der Waals surface area contributed by atoms with Crippen molar-refractivity contribution in [2.24, 2.45) is 0 Å². The lowest BCUT2D eigenvalue weighted by Crippen LogP contribution is -2.23. The molecule has 0 aromatic carbocycles. The van der Waals surface area contributed by atoms with Crippen molar-refractivity contribution >= 4 is 11.6 Å². The highest BCUT2D eigenvalue weighted by Gasteiger charge is 2.10. The minimum absolute atomic E-state index is 0.0757. The molecule has 0 aliphatic carbocycles. The lowest BCUT2D eigenvalue weighted by molar-refractivity contribution is 0.102. The molecule has 0 spiro atoms. The Morgan fingerprint density at radius 2 is 2.25 bits per heavy atom. The fourth-order valence-electron chi connectivity index (χ4n) is 1.27. The van der Waals surface area contributed by atoms with E-state index in [1.165, 1.54) is 18.5 Å². The van der Waals surface area contributed by atoms with Crippen molar-refractivity contribution in [3.63, 3.8) is 0 Å². The molecule has 2 aromatic rings. The average molecular weight is 218 g/mol. The number of rotatable bonds is 2. The second-order valence-corrected chi connectivity index (χ2v) is 3.33. The van der Waals surface area contributed by atoms with Crippen molar-refractivity contribution in [3.8, 4) is 0 Å². The van der Waals surface area contributed by atoms with Gasteiger partial charge < -0.3 is 10.3 Å². The normalized spacial score (nSPS) is 10.1. The number of carbonyl (C=O) groups is 1. The van der Waals surface area contributed by atoms with Gasteiger partial charge in [0.05, 0.1) is 11.9 Å². The molecule has 82 valence electrons. The third-order valence-electron chi connectivity index (χ3n) is 2.06. The number of hydrogen-bond acceptors (Lipinski definition) is 3. The summed E-state index contributed by atoms with van der Waals surface area (Å²) >= 11 is 0. The fourth-order valence-corrected chi connectivity index (χ4v) is 1.27. The molecule has 0 bridgehead atoms. The zero-order chi connectivity index (χ0) is 11.5. The van der Waals surface area contributed by atoms with Gasteiger partial charge in [0.15, 0.2) is 0 Å². The summed E-state index contributed by atoms with van der Waals surface area (Å²) in [5.41, 5.74) is 0.905. The van der Waals surface area contributed by atoms with Crippen LogP contribution in [0.25, 0.3) is 0 Å². The second-order valence-electron chi connectivity index (χ2n) is 3.33. The molecule has 6 heteroatoms. The van der Waals surface area contributed by atoms with Gasteiger partial charge in [-0.05, 0) is 19.1 Å². The van der Waals surface area contributed by atoms with E-state index < -0.39 is 11.5 Å².